The number of esters is 1. The van der Waals surface area contributed by atoms with E-state index >= 15 is 0 Å². The molecule has 0 saturated heterocycles. The number of hydrogen-bond donors (Lipinski definition) is 4. The van der Waals surface area contributed by atoms with Gasteiger partial charge in [-0.15, -0.1) is 0 Å². The minimum Gasteiger partial charge on any atom is -0.480 e. The molecule has 1 amide bonds. The minimum absolute atomic E-state index is 0.000987. The predicted molar refractivity (Wildman–Crippen MR) is 111 cm³/mol. The first-order valence-corrected chi connectivity index (χ1v) is 10.2. The summed E-state index contributed by atoms with van der Waals surface area (Å²) in [5, 5.41) is 36.1. The van der Waals surface area contributed by atoms with E-state index in [4.69, 9.17) is 25.2 Å². The zero-order chi connectivity index (χ0) is 25.8. The highest BCUT2D eigenvalue weighted by Crippen LogP contribution is 2.22. The summed E-state index contributed by atoms with van der Waals surface area (Å²) < 4.78 is 4.78. The molecule has 0 spiro atoms. The molecule has 0 aromatic carbocycles. The van der Waals surface area contributed by atoms with E-state index in [2.05, 4.69) is 0 Å². The molecule has 0 bridgehead atoms. The Morgan fingerprint density at radius 2 is 1.09 bits per heavy atom. The van der Waals surface area contributed by atoms with E-state index in [1.165, 1.54) is 16.0 Å². The molecule has 0 unspecified atom stereocenters. The van der Waals surface area contributed by atoms with E-state index in [-0.39, 0.29) is 45.0 Å². The lowest BCUT2D eigenvalue weighted by molar-refractivity contribution is -0.143. The third kappa shape index (κ3) is 11.3. The van der Waals surface area contributed by atoms with Crippen LogP contribution in [0.4, 0.5) is 0 Å². The first-order valence-electron chi connectivity index (χ1n) is 10.2. The van der Waals surface area contributed by atoms with E-state index in [0.29, 0.717) is 0 Å². The minimum atomic E-state index is -1.25. The Morgan fingerprint density at radius 1 is 0.706 bits per heavy atom. The van der Waals surface area contributed by atoms with Crippen molar-refractivity contribution in [2.45, 2.75) is 6.92 Å². The molecule has 0 aromatic rings. The van der Waals surface area contributed by atoms with Crippen molar-refractivity contribution in [2.24, 2.45) is 0 Å². The number of carboxylic acid groups (broad SMARTS) is 4. The Kier molecular flexibility index (Phi) is 11.6. The summed E-state index contributed by atoms with van der Waals surface area (Å²) in [5.41, 5.74) is 0.0478. The molecule has 15 heteroatoms. The van der Waals surface area contributed by atoms with Gasteiger partial charge in [0.25, 0.3) is 0 Å². The van der Waals surface area contributed by atoms with Gasteiger partial charge in [0, 0.05) is 32.4 Å². The van der Waals surface area contributed by atoms with Crippen LogP contribution in [0.3, 0.4) is 0 Å². The molecule has 1 heterocycles. The quantitative estimate of drug-likeness (QED) is 0.147. The summed E-state index contributed by atoms with van der Waals surface area (Å²) in [6.45, 7) is -0.861. The number of carbonyl (C=O) groups excluding carboxylic acids is 2. The molecular weight excluding hydrogens is 460 g/mol. The van der Waals surface area contributed by atoms with Crippen LogP contribution < -0.4 is 0 Å². The van der Waals surface area contributed by atoms with Crippen LogP contribution in [0.15, 0.2) is 11.9 Å². The van der Waals surface area contributed by atoms with Gasteiger partial charge in [-0.1, -0.05) is 0 Å². The highest BCUT2D eigenvalue weighted by atomic mass is 16.5. The molecule has 0 fully saturated rings. The number of hydrogen-bond acceptors (Lipinski definition) is 10. The molecule has 0 atom stereocenters. The number of carboxylic acids is 4. The smallest absolute Gasteiger partial charge is 0.356 e. The zero-order valence-electron chi connectivity index (χ0n) is 18.6. The fourth-order valence-electron chi connectivity index (χ4n) is 2.95. The van der Waals surface area contributed by atoms with Gasteiger partial charge >= 0.3 is 29.8 Å². The van der Waals surface area contributed by atoms with E-state index in [1.54, 1.807) is 6.92 Å². The summed E-state index contributed by atoms with van der Waals surface area (Å²) in [7, 11) is 0. The molecule has 1 aliphatic rings. The van der Waals surface area contributed by atoms with Gasteiger partial charge in [-0.3, -0.25) is 43.6 Å². The predicted octanol–water partition coefficient (Wildman–Crippen LogP) is -2.52. The summed E-state index contributed by atoms with van der Waals surface area (Å²) in [4.78, 5) is 73.0. The largest absolute Gasteiger partial charge is 0.480 e. The van der Waals surface area contributed by atoms with Crippen molar-refractivity contribution >= 4 is 35.8 Å². The summed E-state index contributed by atoms with van der Waals surface area (Å²) in [6.07, 6.45) is 1.26. The Hall–Kier alpha value is -3.56. The summed E-state index contributed by atoms with van der Waals surface area (Å²) >= 11 is 0. The fourth-order valence-corrected chi connectivity index (χ4v) is 2.95. The maximum atomic E-state index is 12.4. The maximum absolute atomic E-state index is 12.4. The van der Waals surface area contributed by atoms with Crippen LogP contribution in [0, 0.1) is 0 Å². The second-order valence-electron chi connectivity index (χ2n) is 7.27. The number of carbonyl (C=O) groups is 6. The van der Waals surface area contributed by atoms with Gasteiger partial charge in [0.2, 0.25) is 5.91 Å². The molecular formula is C19H28N4O11. The number of nitrogens with zero attached hydrogens (tertiary/aromatic N) is 4. The van der Waals surface area contributed by atoms with Crippen LogP contribution in [0.2, 0.25) is 0 Å². The van der Waals surface area contributed by atoms with Gasteiger partial charge in [-0.2, -0.15) is 0 Å². The molecule has 1 aliphatic heterocycles. The second-order valence-corrected chi connectivity index (χ2v) is 7.27. The first kappa shape index (κ1) is 28.5. The number of amides is 1. The Balaban J connectivity index is 2.71. The molecule has 0 saturated carbocycles. The van der Waals surface area contributed by atoms with Crippen molar-refractivity contribution in [1.29, 1.82) is 0 Å². The lowest BCUT2D eigenvalue weighted by Crippen LogP contribution is -2.46. The zero-order valence-corrected chi connectivity index (χ0v) is 18.6. The topological polar surface area (TPSA) is 205 Å². The number of rotatable bonds is 18. The lowest BCUT2D eigenvalue weighted by atomic mass is 10.3. The number of ether oxygens (including phenoxy) is 1. The molecule has 1 rings (SSSR count). The van der Waals surface area contributed by atoms with Crippen LogP contribution in [-0.4, -0.2) is 141 Å². The van der Waals surface area contributed by atoms with Gasteiger partial charge in [0.05, 0.1) is 39.3 Å². The van der Waals surface area contributed by atoms with Crippen LogP contribution >= 0.6 is 0 Å². The molecule has 0 aliphatic carbocycles. The monoisotopic (exact) mass is 488 g/mol. The maximum Gasteiger partial charge on any atom is 0.356 e. The van der Waals surface area contributed by atoms with Crippen LogP contribution in [0.5, 0.6) is 0 Å². The van der Waals surface area contributed by atoms with Gasteiger partial charge in [-0.05, 0) is 6.92 Å². The summed E-state index contributed by atoms with van der Waals surface area (Å²) in [6, 6.07) is 0. The standard InChI is InChI=1S/C19H28N4O11/c1-2-34-19(33)13-7-23(13)14(24)8-21(10-16(27)28)5-3-20(9-15(25)26)4-6-22(11-17(29)30)12-18(31)32/h7H,2-6,8-12H2,1H3,(H,25,26)(H,27,28)(H,29,30)(H,31,32). The van der Waals surface area contributed by atoms with E-state index < -0.39 is 61.9 Å². The van der Waals surface area contributed by atoms with Gasteiger partial charge in [0.15, 0.2) is 5.70 Å². The Morgan fingerprint density at radius 3 is 1.50 bits per heavy atom. The summed E-state index contributed by atoms with van der Waals surface area (Å²) in [5.74, 6) is -6.16. The molecule has 15 nitrogen and oxygen atoms in total. The Bertz CT molecular complexity index is 813. The Labute approximate surface area is 194 Å². The van der Waals surface area contributed by atoms with E-state index in [0.717, 1.165) is 9.80 Å². The van der Waals surface area contributed by atoms with Crippen LogP contribution in [0.1, 0.15) is 6.92 Å². The average Bonchev–Trinajstić information content (AvgIpc) is 3.49. The lowest BCUT2D eigenvalue weighted by Gasteiger charge is -2.27. The van der Waals surface area contributed by atoms with E-state index in [9.17, 15) is 28.8 Å². The molecule has 0 aromatic heterocycles. The normalized spacial score (nSPS) is 12.6. The average molecular weight is 488 g/mol. The van der Waals surface area contributed by atoms with E-state index in [1.807, 2.05) is 0 Å². The van der Waals surface area contributed by atoms with Gasteiger partial charge < -0.3 is 25.2 Å². The third-order valence-electron chi connectivity index (χ3n) is 4.46. The van der Waals surface area contributed by atoms with Gasteiger partial charge in [0.1, 0.15) is 0 Å². The van der Waals surface area contributed by atoms with Crippen molar-refractivity contribution in [3.8, 4) is 0 Å². The highest BCUT2D eigenvalue weighted by molar-refractivity contribution is 6.00. The highest BCUT2D eigenvalue weighted by Gasteiger charge is 2.35. The van der Waals surface area contributed by atoms with Crippen molar-refractivity contribution in [1.82, 2.24) is 19.6 Å². The molecule has 190 valence electrons. The SMILES string of the molecule is CCOC(=O)C1=CN1C(=O)CN(CCN(CCN(CC(=O)O)CC(=O)O)CC(=O)O)CC(=O)O. The van der Waals surface area contributed by atoms with Crippen molar-refractivity contribution < 1.29 is 53.9 Å². The van der Waals surface area contributed by atoms with Gasteiger partial charge in [-0.25, -0.2) is 4.79 Å². The first-order chi connectivity index (χ1) is 15.9. The molecule has 0 radical (unpaired) electrons. The molecule has 34 heavy (non-hydrogen) atoms. The fraction of sp³-hybridized carbons (Fsp3) is 0.579. The third-order valence-corrected chi connectivity index (χ3v) is 4.46. The molecule has 4 N–H and O–H groups in total. The second kappa shape index (κ2) is 13.9. The van der Waals surface area contributed by atoms with Crippen LogP contribution in [0.25, 0.3) is 0 Å². The van der Waals surface area contributed by atoms with Crippen molar-refractivity contribution in [2.75, 3.05) is 65.5 Å². The number of aliphatic carboxylic acids is 4. The van der Waals surface area contributed by atoms with Crippen LogP contribution in [-0.2, 0) is 33.5 Å². The van der Waals surface area contributed by atoms with Crippen molar-refractivity contribution in [3.63, 3.8) is 0 Å². The van der Waals surface area contributed by atoms with Crippen molar-refractivity contribution in [3.05, 3.63) is 11.9 Å².